The van der Waals surface area contributed by atoms with E-state index in [1.807, 2.05) is 54.8 Å². The van der Waals surface area contributed by atoms with Crippen LogP contribution in [0.1, 0.15) is 32.2 Å². The van der Waals surface area contributed by atoms with Crippen molar-refractivity contribution in [3.05, 3.63) is 61.0 Å². The Hall–Kier alpha value is -2.41. The quantitative estimate of drug-likeness (QED) is 0.640. The van der Waals surface area contributed by atoms with Gasteiger partial charge in [0.1, 0.15) is 5.82 Å². The highest BCUT2D eigenvalue weighted by atomic mass is 79.9. The SMILES string of the molecule is CCn1c(=O)c2c(nc(/C=C/c3cccc(Br)c3)n2CC)n(CC)c1=O. The smallest absolute Gasteiger partial charge is 0.319 e. The van der Waals surface area contributed by atoms with Crippen LogP contribution in [0.2, 0.25) is 0 Å². The second-order valence-electron chi connectivity index (χ2n) is 5.85. The Morgan fingerprint density at radius 2 is 1.69 bits per heavy atom. The lowest BCUT2D eigenvalue weighted by Crippen LogP contribution is -2.40. The predicted octanol–water partition coefficient (Wildman–Crippen LogP) is 3.35. The molecular weight excluding hydrogens is 396 g/mol. The molecule has 0 unspecified atom stereocenters. The van der Waals surface area contributed by atoms with Crippen LogP contribution < -0.4 is 11.2 Å². The lowest BCUT2D eigenvalue weighted by molar-refractivity contribution is 0.603. The van der Waals surface area contributed by atoms with Crippen LogP contribution >= 0.6 is 15.9 Å². The molecule has 0 saturated carbocycles. The van der Waals surface area contributed by atoms with Crippen LogP contribution in [0.25, 0.3) is 23.3 Å². The molecule has 0 spiro atoms. The van der Waals surface area contributed by atoms with Gasteiger partial charge >= 0.3 is 5.69 Å². The molecule has 7 heteroatoms. The molecule has 0 N–H and O–H groups in total. The molecule has 6 nitrogen and oxygen atoms in total. The van der Waals surface area contributed by atoms with E-state index in [9.17, 15) is 9.59 Å². The van der Waals surface area contributed by atoms with Crippen molar-refractivity contribution in [3.63, 3.8) is 0 Å². The standard InChI is InChI=1S/C19H21BrN4O2/c1-4-22-15(11-10-13-8-7-9-14(20)12-13)21-17-16(22)18(25)24(6-3)19(26)23(17)5-2/h7-12H,4-6H2,1-3H3/b11-10+. The molecular formula is C19H21BrN4O2. The summed E-state index contributed by atoms with van der Waals surface area (Å²) in [4.78, 5) is 30.0. The van der Waals surface area contributed by atoms with Gasteiger partial charge in [0.2, 0.25) is 0 Å². The van der Waals surface area contributed by atoms with E-state index in [-0.39, 0.29) is 11.2 Å². The number of hydrogen-bond donors (Lipinski definition) is 0. The average Bonchev–Trinajstić information content (AvgIpc) is 2.99. The van der Waals surface area contributed by atoms with Crippen molar-refractivity contribution in [3.8, 4) is 0 Å². The van der Waals surface area contributed by atoms with Gasteiger partial charge < -0.3 is 4.57 Å². The highest BCUT2D eigenvalue weighted by Gasteiger charge is 2.18. The average molecular weight is 417 g/mol. The van der Waals surface area contributed by atoms with Gasteiger partial charge in [0.15, 0.2) is 11.2 Å². The van der Waals surface area contributed by atoms with Gasteiger partial charge in [0, 0.05) is 24.1 Å². The molecule has 0 radical (unpaired) electrons. The lowest BCUT2D eigenvalue weighted by atomic mass is 10.2. The Labute approximate surface area is 159 Å². The van der Waals surface area contributed by atoms with Gasteiger partial charge in [-0.1, -0.05) is 34.1 Å². The van der Waals surface area contributed by atoms with E-state index < -0.39 is 0 Å². The molecule has 3 rings (SSSR count). The molecule has 0 aliphatic carbocycles. The van der Waals surface area contributed by atoms with E-state index in [4.69, 9.17) is 0 Å². The van der Waals surface area contributed by atoms with Crippen molar-refractivity contribution in [2.75, 3.05) is 0 Å². The van der Waals surface area contributed by atoms with Crippen LogP contribution in [0.4, 0.5) is 0 Å². The normalized spacial score (nSPS) is 11.7. The summed E-state index contributed by atoms with van der Waals surface area (Å²) >= 11 is 3.46. The number of hydrogen-bond acceptors (Lipinski definition) is 3. The van der Waals surface area contributed by atoms with E-state index >= 15 is 0 Å². The topological polar surface area (TPSA) is 61.8 Å². The van der Waals surface area contributed by atoms with Crippen molar-refractivity contribution in [2.45, 2.75) is 40.4 Å². The molecule has 0 bridgehead atoms. The highest BCUT2D eigenvalue weighted by Crippen LogP contribution is 2.17. The Kier molecular flexibility index (Phi) is 5.27. The Bertz CT molecular complexity index is 1110. The molecule has 0 aliphatic heterocycles. The summed E-state index contributed by atoms with van der Waals surface area (Å²) < 4.78 is 5.68. The molecule has 0 atom stereocenters. The minimum Gasteiger partial charge on any atom is -0.319 e. The maximum atomic E-state index is 12.8. The first kappa shape index (κ1) is 18.4. The molecule has 1 aromatic carbocycles. The molecule has 136 valence electrons. The number of aryl methyl sites for hydroxylation is 2. The van der Waals surface area contributed by atoms with Crippen molar-refractivity contribution < 1.29 is 0 Å². The van der Waals surface area contributed by atoms with E-state index in [2.05, 4.69) is 20.9 Å². The van der Waals surface area contributed by atoms with Gasteiger partial charge in [0.25, 0.3) is 5.56 Å². The number of rotatable bonds is 5. The minimum absolute atomic E-state index is 0.284. The summed E-state index contributed by atoms with van der Waals surface area (Å²) in [6, 6.07) is 7.92. The zero-order chi connectivity index (χ0) is 18.8. The van der Waals surface area contributed by atoms with Gasteiger partial charge in [-0.3, -0.25) is 13.9 Å². The predicted molar refractivity (Wildman–Crippen MR) is 108 cm³/mol. The summed E-state index contributed by atoms with van der Waals surface area (Å²) in [7, 11) is 0. The summed E-state index contributed by atoms with van der Waals surface area (Å²) in [5.74, 6) is 0.662. The number of fused-ring (bicyclic) bond motifs is 1. The van der Waals surface area contributed by atoms with Crippen molar-refractivity contribution in [2.24, 2.45) is 0 Å². The fourth-order valence-electron chi connectivity index (χ4n) is 3.10. The largest absolute Gasteiger partial charge is 0.332 e. The fraction of sp³-hybridized carbons (Fsp3) is 0.316. The Balaban J connectivity index is 2.26. The Morgan fingerprint density at radius 1 is 1.00 bits per heavy atom. The first-order valence-corrected chi connectivity index (χ1v) is 9.48. The number of halogens is 1. The molecule has 2 heterocycles. The maximum absolute atomic E-state index is 12.8. The van der Waals surface area contributed by atoms with E-state index in [0.29, 0.717) is 36.6 Å². The van der Waals surface area contributed by atoms with Crippen LogP contribution in [-0.2, 0) is 19.6 Å². The van der Waals surface area contributed by atoms with Gasteiger partial charge in [-0.2, -0.15) is 0 Å². The molecule has 0 amide bonds. The van der Waals surface area contributed by atoms with Gasteiger partial charge in [-0.15, -0.1) is 0 Å². The highest BCUT2D eigenvalue weighted by molar-refractivity contribution is 9.10. The monoisotopic (exact) mass is 416 g/mol. The molecule has 0 saturated heterocycles. The third-order valence-corrected chi connectivity index (χ3v) is 4.86. The number of nitrogens with zero attached hydrogens (tertiary/aromatic N) is 4. The van der Waals surface area contributed by atoms with Crippen LogP contribution in [0.15, 0.2) is 38.3 Å². The summed E-state index contributed by atoms with van der Waals surface area (Å²) in [5.41, 5.74) is 1.35. The van der Waals surface area contributed by atoms with Gasteiger partial charge in [0.05, 0.1) is 0 Å². The third kappa shape index (κ3) is 3.07. The molecule has 0 fully saturated rings. The van der Waals surface area contributed by atoms with E-state index in [1.54, 1.807) is 11.5 Å². The zero-order valence-electron chi connectivity index (χ0n) is 15.1. The van der Waals surface area contributed by atoms with Crippen LogP contribution in [0, 0.1) is 0 Å². The first-order valence-electron chi connectivity index (χ1n) is 8.69. The third-order valence-electron chi connectivity index (χ3n) is 4.37. The van der Waals surface area contributed by atoms with Crippen LogP contribution in [0.5, 0.6) is 0 Å². The number of aromatic nitrogens is 4. The Morgan fingerprint density at radius 3 is 2.31 bits per heavy atom. The number of imidazole rings is 1. The van der Waals surface area contributed by atoms with Crippen LogP contribution in [-0.4, -0.2) is 18.7 Å². The van der Waals surface area contributed by atoms with E-state index in [0.717, 1.165) is 10.0 Å². The molecule has 3 aromatic rings. The van der Waals surface area contributed by atoms with Crippen molar-refractivity contribution in [1.82, 2.24) is 18.7 Å². The summed E-state index contributed by atoms with van der Waals surface area (Å²) in [6.45, 7) is 7.05. The fourth-order valence-corrected chi connectivity index (χ4v) is 3.52. The van der Waals surface area contributed by atoms with Crippen molar-refractivity contribution in [1.29, 1.82) is 0 Å². The maximum Gasteiger partial charge on any atom is 0.332 e. The summed E-state index contributed by atoms with van der Waals surface area (Å²) in [6.07, 6.45) is 3.83. The lowest BCUT2D eigenvalue weighted by Gasteiger charge is -2.09. The number of benzene rings is 1. The molecule has 0 aliphatic rings. The van der Waals surface area contributed by atoms with Gasteiger partial charge in [-0.05, 0) is 44.5 Å². The second kappa shape index (κ2) is 7.45. The van der Waals surface area contributed by atoms with E-state index in [1.165, 1.54) is 4.57 Å². The summed E-state index contributed by atoms with van der Waals surface area (Å²) in [5, 5.41) is 0. The minimum atomic E-state index is -0.309. The first-order chi connectivity index (χ1) is 12.5. The van der Waals surface area contributed by atoms with Crippen molar-refractivity contribution >= 4 is 39.2 Å². The van der Waals surface area contributed by atoms with Crippen LogP contribution in [0.3, 0.4) is 0 Å². The zero-order valence-corrected chi connectivity index (χ0v) is 16.7. The molecule has 26 heavy (non-hydrogen) atoms. The van der Waals surface area contributed by atoms with Gasteiger partial charge in [-0.25, -0.2) is 9.78 Å². The molecule has 2 aromatic heterocycles. The second-order valence-corrected chi connectivity index (χ2v) is 6.77.